The maximum Gasteiger partial charge on any atom is 0.303 e. The van der Waals surface area contributed by atoms with Crippen LogP contribution in [-0.2, 0) is 4.79 Å². The van der Waals surface area contributed by atoms with Gasteiger partial charge in [0, 0.05) is 0 Å². The molecule has 24 heavy (non-hydrogen) atoms. The lowest BCUT2D eigenvalue weighted by atomic mass is 9.60. The van der Waals surface area contributed by atoms with Crippen LogP contribution in [0.5, 0.6) is 0 Å². The molecule has 0 aliphatic heterocycles. The van der Waals surface area contributed by atoms with Crippen molar-refractivity contribution in [3.8, 4) is 0 Å². The van der Waals surface area contributed by atoms with Gasteiger partial charge in [-0.05, 0) is 59.2 Å². The van der Waals surface area contributed by atoms with Gasteiger partial charge in [-0.3, -0.25) is 4.79 Å². The molecule has 3 N–H and O–H groups in total. The molecule has 1 fully saturated rings. The number of rotatable bonds is 6. The van der Waals surface area contributed by atoms with Crippen LogP contribution in [0, 0.1) is 5.41 Å². The molecule has 0 saturated heterocycles. The van der Waals surface area contributed by atoms with Crippen molar-refractivity contribution < 1.29 is 9.90 Å². The van der Waals surface area contributed by atoms with Crippen molar-refractivity contribution in [2.45, 2.75) is 77.6 Å². The Morgan fingerprint density at radius 2 is 1.79 bits per heavy atom. The van der Waals surface area contributed by atoms with Crippen LogP contribution in [0.4, 0.5) is 0 Å². The van der Waals surface area contributed by atoms with Crippen molar-refractivity contribution in [1.82, 2.24) is 0 Å². The van der Waals surface area contributed by atoms with E-state index in [4.69, 9.17) is 5.73 Å². The molecule has 0 bridgehead atoms. The average Bonchev–Trinajstić information content (AvgIpc) is 2.53. The van der Waals surface area contributed by atoms with Gasteiger partial charge in [-0.2, -0.15) is 0 Å². The Morgan fingerprint density at radius 3 is 2.25 bits per heavy atom. The van der Waals surface area contributed by atoms with Gasteiger partial charge in [0.25, 0.3) is 0 Å². The Hall–Kier alpha value is -1.35. The van der Waals surface area contributed by atoms with E-state index in [1.165, 1.54) is 16.7 Å². The highest BCUT2D eigenvalue weighted by molar-refractivity contribution is 5.68. The first-order chi connectivity index (χ1) is 11.3. The average molecular weight is 332 g/mol. The first kappa shape index (κ1) is 19.0. The standard InChI is InChI=1S/C21H33NO2/c1-14(2)16-8-7-9-17(15(3)4)20(16)18-10-5-6-11-21(18,13-22)12-19(23)24/h7-9,14-15,18H,5-6,10-13,22H2,1-4H3,(H,23,24). The zero-order chi connectivity index (χ0) is 17.9. The smallest absolute Gasteiger partial charge is 0.303 e. The van der Waals surface area contributed by atoms with Gasteiger partial charge in [0.05, 0.1) is 6.42 Å². The minimum absolute atomic E-state index is 0.179. The molecule has 1 aliphatic rings. The van der Waals surface area contributed by atoms with Crippen LogP contribution in [0.1, 0.15) is 94.2 Å². The number of hydrogen-bond acceptors (Lipinski definition) is 2. The summed E-state index contributed by atoms with van der Waals surface area (Å²) >= 11 is 0. The van der Waals surface area contributed by atoms with Crippen LogP contribution < -0.4 is 5.73 Å². The Bertz CT molecular complexity index is 553. The second-order valence-electron chi connectivity index (χ2n) is 8.09. The molecule has 0 amide bonds. The number of nitrogens with two attached hydrogens (primary N) is 1. The van der Waals surface area contributed by atoms with Crippen LogP contribution >= 0.6 is 0 Å². The van der Waals surface area contributed by atoms with Gasteiger partial charge in [0.15, 0.2) is 0 Å². The minimum atomic E-state index is -0.722. The molecule has 3 nitrogen and oxygen atoms in total. The van der Waals surface area contributed by atoms with Crippen LogP contribution in [0.3, 0.4) is 0 Å². The number of hydrogen-bond donors (Lipinski definition) is 2. The Balaban J connectivity index is 2.63. The van der Waals surface area contributed by atoms with Crippen LogP contribution in [0.2, 0.25) is 0 Å². The summed E-state index contributed by atoms with van der Waals surface area (Å²) in [7, 11) is 0. The minimum Gasteiger partial charge on any atom is -0.481 e. The predicted octanol–water partition coefficient (Wildman–Crippen LogP) is 5.01. The van der Waals surface area contributed by atoms with E-state index >= 15 is 0 Å². The monoisotopic (exact) mass is 331 g/mol. The summed E-state index contributed by atoms with van der Waals surface area (Å²) in [6.45, 7) is 9.37. The number of carbonyl (C=O) groups is 1. The summed E-state index contributed by atoms with van der Waals surface area (Å²) in [6, 6.07) is 6.60. The Kier molecular flexibility index (Phi) is 6.08. The third kappa shape index (κ3) is 3.66. The lowest BCUT2D eigenvalue weighted by Crippen LogP contribution is -2.41. The van der Waals surface area contributed by atoms with Gasteiger partial charge in [0.1, 0.15) is 0 Å². The van der Waals surface area contributed by atoms with E-state index in [2.05, 4.69) is 45.9 Å². The van der Waals surface area contributed by atoms with Crippen molar-refractivity contribution in [3.05, 3.63) is 34.9 Å². The van der Waals surface area contributed by atoms with E-state index in [9.17, 15) is 9.90 Å². The van der Waals surface area contributed by atoms with Crippen molar-refractivity contribution in [3.63, 3.8) is 0 Å². The third-order valence-corrected chi connectivity index (χ3v) is 5.83. The molecule has 1 aromatic carbocycles. The van der Waals surface area contributed by atoms with Crippen molar-refractivity contribution >= 4 is 5.97 Å². The lowest BCUT2D eigenvalue weighted by molar-refractivity contribution is -0.140. The van der Waals surface area contributed by atoms with Gasteiger partial charge < -0.3 is 10.8 Å². The maximum atomic E-state index is 11.6. The quantitative estimate of drug-likeness (QED) is 0.770. The molecule has 134 valence electrons. The van der Waals surface area contributed by atoms with E-state index < -0.39 is 5.97 Å². The van der Waals surface area contributed by atoms with E-state index in [1.54, 1.807) is 0 Å². The number of aliphatic carboxylic acids is 1. The summed E-state index contributed by atoms with van der Waals surface area (Å²) in [5.41, 5.74) is 10.0. The topological polar surface area (TPSA) is 63.3 Å². The molecule has 0 heterocycles. The van der Waals surface area contributed by atoms with Gasteiger partial charge >= 0.3 is 5.97 Å². The van der Waals surface area contributed by atoms with E-state index in [0.29, 0.717) is 18.4 Å². The van der Waals surface area contributed by atoms with Gasteiger partial charge in [-0.15, -0.1) is 0 Å². The Labute approximate surface area is 146 Å². The fourth-order valence-corrected chi connectivity index (χ4v) is 4.60. The molecule has 2 rings (SSSR count). The fourth-order valence-electron chi connectivity index (χ4n) is 4.60. The van der Waals surface area contributed by atoms with Crippen LogP contribution in [0.15, 0.2) is 18.2 Å². The normalized spacial score (nSPS) is 24.5. The molecule has 1 aliphatic carbocycles. The fraction of sp³-hybridized carbons (Fsp3) is 0.667. The second-order valence-corrected chi connectivity index (χ2v) is 8.09. The first-order valence-electron chi connectivity index (χ1n) is 9.37. The van der Waals surface area contributed by atoms with Crippen molar-refractivity contribution in [2.24, 2.45) is 11.1 Å². The summed E-state index contributed by atoms with van der Waals surface area (Å²) in [5, 5.41) is 9.53. The highest BCUT2D eigenvalue weighted by Crippen LogP contribution is 2.52. The molecule has 0 aromatic heterocycles. The molecule has 0 radical (unpaired) electrons. The number of carboxylic acid groups (broad SMARTS) is 1. The highest BCUT2D eigenvalue weighted by Gasteiger charge is 2.43. The maximum absolute atomic E-state index is 11.6. The van der Waals surface area contributed by atoms with Gasteiger partial charge in [0.2, 0.25) is 0 Å². The third-order valence-electron chi connectivity index (χ3n) is 5.83. The van der Waals surface area contributed by atoms with Crippen molar-refractivity contribution in [2.75, 3.05) is 6.54 Å². The zero-order valence-corrected chi connectivity index (χ0v) is 15.6. The summed E-state index contributed by atoms with van der Waals surface area (Å²) in [6.07, 6.45) is 4.40. The van der Waals surface area contributed by atoms with Crippen molar-refractivity contribution in [1.29, 1.82) is 0 Å². The first-order valence-corrected chi connectivity index (χ1v) is 9.37. The molecule has 1 saturated carbocycles. The summed E-state index contributed by atoms with van der Waals surface area (Å²) in [4.78, 5) is 11.6. The molecular formula is C21H33NO2. The van der Waals surface area contributed by atoms with Gasteiger partial charge in [-0.1, -0.05) is 58.7 Å². The lowest BCUT2D eigenvalue weighted by Gasteiger charge is -2.45. The molecule has 2 unspecified atom stereocenters. The second kappa shape index (κ2) is 7.69. The number of carboxylic acids is 1. The molecule has 2 atom stereocenters. The highest BCUT2D eigenvalue weighted by atomic mass is 16.4. The van der Waals surface area contributed by atoms with Crippen LogP contribution in [-0.4, -0.2) is 17.6 Å². The largest absolute Gasteiger partial charge is 0.481 e. The molecule has 1 aromatic rings. The molecular weight excluding hydrogens is 298 g/mol. The summed E-state index contributed by atoms with van der Waals surface area (Å²) < 4.78 is 0. The zero-order valence-electron chi connectivity index (χ0n) is 15.6. The molecule has 3 heteroatoms. The SMILES string of the molecule is CC(C)c1cccc(C(C)C)c1C1CCCCC1(CN)CC(=O)O. The van der Waals surface area contributed by atoms with E-state index in [0.717, 1.165) is 25.7 Å². The Morgan fingerprint density at radius 1 is 1.21 bits per heavy atom. The predicted molar refractivity (Wildman–Crippen MR) is 99.6 cm³/mol. The summed E-state index contributed by atoms with van der Waals surface area (Å²) in [5.74, 6) is 0.394. The van der Waals surface area contributed by atoms with Gasteiger partial charge in [-0.25, -0.2) is 0 Å². The molecule has 0 spiro atoms. The van der Waals surface area contributed by atoms with E-state index in [1.807, 2.05) is 0 Å². The van der Waals surface area contributed by atoms with Crippen LogP contribution in [0.25, 0.3) is 0 Å². The number of benzene rings is 1. The van der Waals surface area contributed by atoms with E-state index in [-0.39, 0.29) is 17.8 Å².